The normalized spacial score (nSPS) is 14.8. The maximum absolute atomic E-state index is 11.8. The highest BCUT2D eigenvalue weighted by molar-refractivity contribution is 5.71. The van der Waals surface area contributed by atoms with Crippen molar-refractivity contribution in [2.24, 2.45) is 7.05 Å². The lowest BCUT2D eigenvalue weighted by molar-refractivity contribution is 0.843. The van der Waals surface area contributed by atoms with Crippen LogP contribution in [0.15, 0.2) is 4.79 Å². The van der Waals surface area contributed by atoms with Crippen molar-refractivity contribution in [1.29, 1.82) is 0 Å². The van der Waals surface area contributed by atoms with E-state index in [1.165, 1.54) is 4.57 Å². The minimum Gasteiger partial charge on any atom is -0.369 e. The molecule has 0 amide bonds. The molecule has 0 atom stereocenters. The molecule has 1 aliphatic heterocycles. The van der Waals surface area contributed by atoms with Crippen LogP contribution in [0.4, 0.5) is 17.5 Å². The molecule has 6 heteroatoms. The van der Waals surface area contributed by atoms with Crippen LogP contribution in [0, 0.1) is 0 Å². The molecule has 0 fully saturated rings. The van der Waals surface area contributed by atoms with E-state index in [4.69, 9.17) is 5.73 Å². The summed E-state index contributed by atoms with van der Waals surface area (Å²) in [5, 5.41) is 0. The minimum absolute atomic E-state index is 0.0978. The molecular formula is C8H13N5O. The average molecular weight is 195 g/mol. The van der Waals surface area contributed by atoms with Gasteiger partial charge >= 0.3 is 0 Å². The van der Waals surface area contributed by atoms with Crippen LogP contribution >= 0.6 is 0 Å². The van der Waals surface area contributed by atoms with Crippen molar-refractivity contribution in [1.82, 2.24) is 9.55 Å². The molecule has 6 nitrogen and oxygen atoms in total. The summed E-state index contributed by atoms with van der Waals surface area (Å²) >= 11 is 0. The number of nitrogen functional groups attached to an aromatic ring is 1. The number of fused-ring (bicyclic) bond motifs is 1. The van der Waals surface area contributed by atoms with E-state index in [1.807, 2.05) is 23.9 Å². The Kier molecular flexibility index (Phi) is 1.67. The van der Waals surface area contributed by atoms with Gasteiger partial charge in [-0.1, -0.05) is 0 Å². The zero-order valence-corrected chi connectivity index (χ0v) is 8.48. The summed E-state index contributed by atoms with van der Waals surface area (Å²) in [6.07, 6.45) is 0. The lowest BCUT2D eigenvalue weighted by atomic mass is 10.4. The van der Waals surface area contributed by atoms with Gasteiger partial charge in [-0.3, -0.25) is 9.36 Å². The van der Waals surface area contributed by atoms with Gasteiger partial charge in [0.15, 0.2) is 5.82 Å². The predicted molar refractivity (Wildman–Crippen MR) is 55.6 cm³/mol. The molecular weight excluding hydrogens is 182 g/mol. The van der Waals surface area contributed by atoms with E-state index in [0.717, 1.165) is 0 Å². The van der Waals surface area contributed by atoms with Crippen LogP contribution in [0.5, 0.6) is 0 Å². The SMILES string of the molecule is CN1CN(C)c2c1nc(N)n(C)c2=O. The fourth-order valence-electron chi connectivity index (χ4n) is 1.65. The van der Waals surface area contributed by atoms with Crippen LogP contribution < -0.4 is 21.1 Å². The van der Waals surface area contributed by atoms with Gasteiger partial charge in [-0.25, -0.2) is 0 Å². The standard InChI is InChI=1S/C8H13N5O/c1-11-4-12(2)6-5(11)7(14)13(3)8(9)10-6/h4H2,1-3H3,(H2,9,10). The molecule has 0 radical (unpaired) electrons. The number of aromatic nitrogens is 2. The molecule has 0 saturated heterocycles. The van der Waals surface area contributed by atoms with E-state index >= 15 is 0 Å². The summed E-state index contributed by atoms with van der Waals surface area (Å²) in [6, 6.07) is 0. The van der Waals surface area contributed by atoms with Crippen LogP contribution in [-0.4, -0.2) is 30.3 Å². The zero-order chi connectivity index (χ0) is 10.5. The third kappa shape index (κ3) is 0.966. The Balaban J connectivity index is 2.76. The van der Waals surface area contributed by atoms with Crippen molar-refractivity contribution in [2.75, 3.05) is 36.3 Å². The number of nitrogens with two attached hydrogens (primary N) is 1. The fourth-order valence-corrected chi connectivity index (χ4v) is 1.65. The molecule has 1 aromatic heterocycles. The van der Waals surface area contributed by atoms with Crippen LogP contribution in [0.25, 0.3) is 0 Å². The second kappa shape index (κ2) is 2.63. The highest BCUT2D eigenvalue weighted by Gasteiger charge is 2.26. The number of hydrogen-bond donors (Lipinski definition) is 1. The van der Waals surface area contributed by atoms with Gasteiger partial charge in [0.2, 0.25) is 5.95 Å². The highest BCUT2D eigenvalue weighted by atomic mass is 16.1. The number of nitrogens with zero attached hydrogens (tertiary/aromatic N) is 4. The Bertz CT molecular complexity index is 438. The van der Waals surface area contributed by atoms with Crippen molar-refractivity contribution in [3.63, 3.8) is 0 Å². The van der Waals surface area contributed by atoms with Gasteiger partial charge < -0.3 is 15.5 Å². The molecule has 0 saturated carbocycles. The summed E-state index contributed by atoms with van der Waals surface area (Å²) in [7, 11) is 5.37. The first-order chi connectivity index (χ1) is 6.52. The lowest BCUT2D eigenvalue weighted by Crippen LogP contribution is -2.28. The number of hydrogen-bond acceptors (Lipinski definition) is 5. The van der Waals surface area contributed by atoms with Gasteiger partial charge in [0.25, 0.3) is 5.56 Å². The van der Waals surface area contributed by atoms with Gasteiger partial charge in [0.05, 0.1) is 6.67 Å². The fraction of sp³-hybridized carbons (Fsp3) is 0.500. The summed E-state index contributed by atoms with van der Waals surface area (Å²) in [4.78, 5) is 19.7. The molecule has 2 heterocycles. The lowest BCUT2D eigenvalue weighted by Gasteiger charge is -2.10. The van der Waals surface area contributed by atoms with Crippen LogP contribution in [0.1, 0.15) is 0 Å². The molecule has 0 spiro atoms. The summed E-state index contributed by atoms with van der Waals surface area (Å²) in [6.45, 7) is 0.668. The highest BCUT2D eigenvalue weighted by Crippen LogP contribution is 2.28. The van der Waals surface area contributed by atoms with Crippen LogP contribution in [-0.2, 0) is 7.05 Å². The summed E-state index contributed by atoms with van der Waals surface area (Å²) in [5.74, 6) is 0.906. The molecule has 0 aliphatic carbocycles. The number of anilines is 3. The van der Waals surface area contributed by atoms with E-state index in [2.05, 4.69) is 4.98 Å². The molecule has 76 valence electrons. The van der Waals surface area contributed by atoms with Crippen molar-refractivity contribution in [3.05, 3.63) is 10.4 Å². The van der Waals surface area contributed by atoms with Crippen LogP contribution in [0.3, 0.4) is 0 Å². The monoisotopic (exact) mass is 195 g/mol. The third-order valence-electron chi connectivity index (χ3n) is 2.45. The Morgan fingerprint density at radius 2 is 1.93 bits per heavy atom. The predicted octanol–water partition coefficient (Wildman–Crippen LogP) is -0.794. The first-order valence-electron chi connectivity index (χ1n) is 4.31. The third-order valence-corrected chi connectivity index (χ3v) is 2.45. The maximum atomic E-state index is 11.8. The molecule has 1 aromatic rings. The van der Waals surface area contributed by atoms with Gasteiger partial charge in [-0.05, 0) is 0 Å². The van der Waals surface area contributed by atoms with E-state index in [1.54, 1.807) is 7.05 Å². The Hall–Kier alpha value is -1.72. The molecule has 0 bridgehead atoms. The van der Waals surface area contributed by atoms with E-state index in [-0.39, 0.29) is 11.5 Å². The first kappa shape index (κ1) is 8.86. The molecule has 0 unspecified atom stereocenters. The molecule has 0 aromatic carbocycles. The Morgan fingerprint density at radius 3 is 2.57 bits per heavy atom. The average Bonchev–Trinajstić information content (AvgIpc) is 2.38. The topological polar surface area (TPSA) is 67.4 Å². The first-order valence-corrected chi connectivity index (χ1v) is 4.31. The van der Waals surface area contributed by atoms with Gasteiger partial charge in [-0.2, -0.15) is 4.98 Å². The van der Waals surface area contributed by atoms with E-state index in [9.17, 15) is 4.79 Å². The molecule has 2 rings (SSSR count). The zero-order valence-electron chi connectivity index (χ0n) is 8.48. The van der Waals surface area contributed by atoms with Gasteiger partial charge in [-0.15, -0.1) is 0 Å². The van der Waals surface area contributed by atoms with Crippen molar-refractivity contribution >= 4 is 17.5 Å². The van der Waals surface area contributed by atoms with Crippen LogP contribution in [0.2, 0.25) is 0 Å². The molecule has 14 heavy (non-hydrogen) atoms. The van der Waals surface area contributed by atoms with E-state index in [0.29, 0.717) is 18.2 Å². The smallest absolute Gasteiger partial charge is 0.280 e. The minimum atomic E-state index is -0.0978. The number of rotatable bonds is 0. The van der Waals surface area contributed by atoms with Crippen molar-refractivity contribution in [3.8, 4) is 0 Å². The largest absolute Gasteiger partial charge is 0.369 e. The van der Waals surface area contributed by atoms with Crippen molar-refractivity contribution in [2.45, 2.75) is 0 Å². The second-order valence-corrected chi connectivity index (χ2v) is 3.54. The van der Waals surface area contributed by atoms with Crippen molar-refractivity contribution < 1.29 is 0 Å². The van der Waals surface area contributed by atoms with E-state index < -0.39 is 0 Å². The maximum Gasteiger partial charge on any atom is 0.280 e. The van der Waals surface area contributed by atoms with Gasteiger partial charge in [0, 0.05) is 21.1 Å². The quantitative estimate of drug-likeness (QED) is 0.587. The molecule has 2 N–H and O–H groups in total. The second-order valence-electron chi connectivity index (χ2n) is 3.54. The van der Waals surface area contributed by atoms with Gasteiger partial charge in [0.1, 0.15) is 5.69 Å². The summed E-state index contributed by atoms with van der Waals surface area (Å²) < 4.78 is 1.36. The Labute approximate surface area is 81.6 Å². The Morgan fingerprint density at radius 1 is 1.29 bits per heavy atom. The molecule has 1 aliphatic rings. The summed E-state index contributed by atoms with van der Waals surface area (Å²) in [5.41, 5.74) is 6.13.